The van der Waals surface area contributed by atoms with Crippen molar-refractivity contribution in [3.63, 3.8) is 0 Å². The van der Waals surface area contributed by atoms with Gasteiger partial charge >= 0.3 is 0 Å². The Kier molecular flexibility index (Phi) is 6.14. The molecule has 1 N–H and O–H groups in total. The Morgan fingerprint density at radius 2 is 1.96 bits per heavy atom. The van der Waals surface area contributed by atoms with Gasteiger partial charge in [-0.2, -0.15) is 10.4 Å². The summed E-state index contributed by atoms with van der Waals surface area (Å²) in [6.07, 6.45) is 1.56. The summed E-state index contributed by atoms with van der Waals surface area (Å²) in [5, 5.41) is 21.3. The summed E-state index contributed by atoms with van der Waals surface area (Å²) in [5.74, 6) is 1.65. The SMILES string of the molecule is CCc1nnc(NCC(C)c2ccccc2OC)c(C#N)c1CC. The molecular formula is C19H24N4O. The van der Waals surface area contributed by atoms with E-state index in [4.69, 9.17) is 4.74 Å². The van der Waals surface area contributed by atoms with Crippen LogP contribution in [0.25, 0.3) is 0 Å². The van der Waals surface area contributed by atoms with E-state index in [9.17, 15) is 5.26 Å². The first-order valence-electron chi connectivity index (χ1n) is 8.31. The molecule has 0 saturated carbocycles. The molecule has 1 unspecified atom stereocenters. The molecule has 2 rings (SSSR count). The Bertz CT molecular complexity index is 737. The molecule has 1 aromatic heterocycles. The second-order valence-corrected chi connectivity index (χ2v) is 5.69. The normalized spacial score (nSPS) is 11.6. The van der Waals surface area contributed by atoms with Crippen LogP contribution >= 0.6 is 0 Å². The Balaban J connectivity index is 2.22. The summed E-state index contributed by atoms with van der Waals surface area (Å²) >= 11 is 0. The number of rotatable bonds is 7. The van der Waals surface area contributed by atoms with E-state index in [1.165, 1.54) is 0 Å². The summed E-state index contributed by atoms with van der Waals surface area (Å²) in [4.78, 5) is 0. The third kappa shape index (κ3) is 3.65. The lowest BCUT2D eigenvalue weighted by Crippen LogP contribution is -2.15. The first kappa shape index (κ1) is 17.7. The van der Waals surface area contributed by atoms with Gasteiger partial charge in [0.1, 0.15) is 17.4 Å². The molecule has 126 valence electrons. The van der Waals surface area contributed by atoms with Crippen molar-refractivity contribution in [1.29, 1.82) is 5.26 Å². The number of anilines is 1. The molecule has 5 nitrogen and oxygen atoms in total. The maximum absolute atomic E-state index is 9.54. The highest BCUT2D eigenvalue weighted by Crippen LogP contribution is 2.27. The number of nitrogens with zero attached hydrogens (tertiary/aromatic N) is 3. The largest absolute Gasteiger partial charge is 0.496 e. The van der Waals surface area contributed by atoms with Crippen LogP contribution < -0.4 is 10.1 Å². The molecular weight excluding hydrogens is 300 g/mol. The van der Waals surface area contributed by atoms with Gasteiger partial charge in [-0.15, -0.1) is 5.10 Å². The maximum Gasteiger partial charge on any atom is 0.166 e. The van der Waals surface area contributed by atoms with Gasteiger partial charge in [0.05, 0.1) is 12.8 Å². The maximum atomic E-state index is 9.54. The van der Waals surface area contributed by atoms with E-state index in [0.717, 1.165) is 35.4 Å². The molecule has 0 aliphatic carbocycles. The average Bonchev–Trinajstić information content (AvgIpc) is 2.64. The Morgan fingerprint density at radius 1 is 1.21 bits per heavy atom. The summed E-state index contributed by atoms with van der Waals surface area (Å²) in [7, 11) is 1.68. The highest BCUT2D eigenvalue weighted by molar-refractivity contribution is 5.56. The summed E-state index contributed by atoms with van der Waals surface area (Å²) < 4.78 is 5.42. The number of aryl methyl sites for hydroxylation is 1. The molecule has 0 spiro atoms. The molecule has 0 amide bonds. The molecule has 0 bridgehead atoms. The topological polar surface area (TPSA) is 70.8 Å². The van der Waals surface area contributed by atoms with Crippen LogP contribution in [0.2, 0.25) is 0 Å². The molecule has 0 radical (unpaired) electrons. The number of nitrogens with one attached hydrogen (secondary N) is 1. The summed E-state index contributed by atoms with van der Waals surface area (Å²) in [6, 6.07) is 10.3. The van der Waals surface area contributed by atoms with Gasteiger partial charge in [-0.3, -0.25) is 0 Å². The van der Waals surface area contributed by atoms with Gasteiger partial charge in [0.15, 0.2) is 5.82 Å². The lowest BCUT2D eigenvalue weighted by Gasteiger charge is -2.17. The van der Waals surface area contributed by atoms with Gasteiger partial charge < -0.3 is 10.1 Å². The van der Waals surface area contributed by atoms with Crippen molar-refractivity contribution >= 4 is 5.82 Å². The molecule has 2 aromatic rings. The van der Waals surface area contributed by atoms with Crippen LogP contribution in [-0.2, 0) is 12.8 Å². The van der Waals surface area contributed by atoms with Crippen LogP contribution in [-0.4, -0.2) is 23.9 Å². The van der Waals surface area contributed by atoms with Crippen molar-refractivity contribution in [1.82, 2.24) is 10.2 Å². The molecule has 24 heavy (non-hydrogen) atoms. The molecule has 0 fully saturated rings. The van der Waals surface area contributed by atoms with Gasteiger partial charge in [-0.05, 0) is 30.0 Å². The van der Waals surface area contributed by atoms with Gasteiger partial charge in [0, 0.05) is 12.5 Å². The average molecular weight is 324 g/mol. The molecule has 5 heteroatoms. The lowest BCUT2D eigenvalue weighted by atomic mass is 9.99. The van der Waals surface area contributed by atoms with Crippen LogP contribution in [0.3, 0.4) is 0 Å². The molecule has 1 aromatic carbocycles. The zero-order valence-corrected chi connectivity index (χ0v) is 14.8. The second kappa shape index (κ2) is 8.30. The number of hydrogen-bond acceptors (Lipinski definition) is 5. The zero-order chi connectivity index (χ0) is 17.5. The fraction of sp³-hybridized carbons (Fsp3) is 0.421. The smallest absolute Gasteiger partial charge is 0.166 e. The minimum Gasteiger partial charge on any atom is -0.496 e. The minimum atomic E-state index is 0.213. The molecule has 0 saturated heterocycles. The van der Waals surface area contributed by atoms with Crippen LogP contribution in [0.4, 0.5) is 5.82 Å². The molecule has 0 aliphatic rings. The fourth-order valence-corrected chi connectivity index (χ4v) is 2.85. The Hall–Kier alpha value is -2.61. The van der Waals surface area contributed by atoms with Crippen LogP contribution in [0.1, 0.15) is 49.1 Å². The highest BCUT2D eigenvalue weighted by atomic mass is 16.5. The van der Waals surface area contributed by atoms with Gasteiger partial charge in [0.2, 0.25) is 0 Å². The van der Waals surface area contributed by atoms with E-state index in [1.807, 2.05) is 32.0 Å². The van der Waals surface area contributed by atoms with Gasteiger partial charge in [-0.25, -0.2) is 0 Å². The first-order valence-corrected chi connectivity index (χ1v) is 8.31. The third-order valence-corrected chi connectivity index (χ3v) is 4.20. The van der Waals surface area contributed by atoms with Crippen LogP contribution in [0.5, 0.6) is 5.75 Å². The van der Waals surface area contributed by atoms with E-state index in [1.54, 1.807) is 7.11 Å². The van der Waals surface area contributed by atoms with Crippen LogP contribution in [0, 0.1) is 11.3 Å². The molecule has 1 heterocycles. The van der Waals surface area contributed by atoms with E-state index in [2.05, 4.69) is 34.6 Å². The van der Waals surface area contributed by atoms with Crippen molar-refractivity contribution in [2.45, 2.75) is 39.5 Å². The number of ether oxygens (including phenoxy) is 1. The minimum absolute atomic E-state index is 0.213. The fourth-order valence-electron chi connectivity index (χ4n) is 2.85. The van der Waals surface area contributed by atoms with Gasteiger partial charge in [-0.1, -0.05) is 39.0 Å². The van der Waals surface area contributed by atoms with Crippen LogP contribution in [0.15, 0.2) is 24.3 Å². The number of benzene rings is 1. The van der Waals surface area contributed by atoms with Crippen molar-refractivity contribution in [2.75, 3.05) is 19.0 Å². The standard InChI is InChI=1S/C19H24N4O/c1-5-14-16(11-20)19(23-22-17(14)6-2)21-12-13(3)15-9-7-8-10-18(15)24-4/h7-10,13H,5-6,12H2,1-4H3,(H,21,23). The third-order valence-electron chi connectivity index (χ3n) is 4.20. The monoisotopic (exact) mass is 324 g/mol. The number of para-hydroxylation sites is 1. The van der Waals surface area contributed by atoms with Crippen molar-refractivity contribution in [3.8, 4) is 11.8 Å². The quantitative estimate of drug-likeness (QED) is 0.841. The second-order valence-electron chi connectivity index (χ2n) is 5.69. The van der Waals surface area contributed by atoms with E-state index in [0.29, 0.717) is 17.9 Å². The number of nitriles is 1. The van der Waals surface area contributed by atoms with Gasteiger partial charge in [0.25, 0.3) is 0 Å². The number of hydrogen-bond donors (Lipinski definition) is 1. The predicted molar refractivity (Wildman–Crippen MR) is 95.4 cm³/mol. The number of aromatic nitrogens is 2. The molecule has 1 atom stereocenters. The number of methoxy groups -OCH3 is 1. The lowest BCUT2D eigenvalue weighted by molar-refractivity contribution is 0.407. The Morgan fingerprint density at radius 3 is 2.58 bits per heavy atom. The summed E-state index contributed by atoms with van der Waals surface area (Å²) in [6.45, 7) is 6.84. The Labute approximate surface area is 143 Å². The first-order chi connectivity index (χ1) is 11.7. The van der Waals surface area contributed by atoms with Crippen molar-refractivity contribution in [2.24, 2.45) is 0 Å². The zero-order valence-electron chi connectivity index (χ0n) is 14.8. The predicted octanol–water partition coefficient (Wildman–Crippen LogP) is 3.70. The van der Waals surface area contributed by atoms with E-state index < -0.39 is 0 Å². The highest BCUT2D eigenvalue weighted by Gasteiger charge is 2.16. The van der Waals surface area contributed by atoms with Crippen molar-refractivity contribution < 1.29 is 4.74 Å². The van der Waals surface area contributed by atoms with Crippen molar-refractivity contribution in [3.05, 3.63) is 46.6 Å². The van der Waals surface area contributed by atoms with E-state index in [-0.39, 0.29) is 5.92 Å². The molecule has 0 aliphatic heterocycles. The summed E-state index contributed by atoms with van der Waals surface area (Å²) in [5.41, 5.74) is 3.62. The van der Waals surface area contributed by atoms with E-state index >= 15 is 0 Å².